The highest BCUT2D eigenvalue weighted by Gasteiger charge is 2.15. The van der Waals surface area contributed by atoms with Crippen molar-refractivity contribution in [2.45, 2.75) is 13.3 Å². The molecule has 1 amide bonds. The minimum Gasteiger partial charge on any atom is -0.497 e. The van der Waals surface area contributed by atoms with Gasteiger partial charge in [-0.1, -0.05) is 4.68 Å². The average molecular weight is 277 g/mol. The summed E-state index contributed by atoms with van der Waals surface area (Å²) < 4.78 is 6.12. The van der Waals surface area contributed by atoms with Gasteiger partial charge in [-0.25, -0.2) is 10.1 Å². The average Bonchev–Trinajstić information content (AvgIpc) is 2.76. The molecule has 1 N–H and O–H groups in total. The SMILES string of the molecule is COc1ccc2c(c1)c(CCNC(C)=O)cn2[N+](=O)[O-]. The highest BCUT2D eigenvalue weighted by molar-refractivity contribution is 5.85. The van der Waals surface area contributed by atoms with Crippen LogP contribution in [0.5, 0.6) is 5.75 Å². The van der Waals surface area contributed by atoms with Crippen LogP contribution in [0.2, 0.25) is 0 Å². The zero-order valence-electron chi connectivity index (χ0n) is 11.3. The predicted molar refractivity (Wildman–Crippen MR) is 73.3 cm³/mol. The Morgan fingerprint density at radius 2 is 2.25 bits per heavy atom. The van der Waals surface area contributed by atoms with E-state index < -0.39 is 5.03 Å². The van der Waals surface area contributed by atoms with Crippen molar-refractivity contribution in [3.05, 3.63) is 40.1 Å². The zero-order valence-corrected chi connectivity index (χ0v) is 11.3. The number of nitrogens with one attached hydrogen (secondary N) is 1. The van der Waals surface area contributed by atoms with E-state index in [-0.39, 0.29) is 5.91 Å². The van der Waals surface area contributed by atoms with E-state index in [0.717, 1.165) is 15.6 Å². The van der Waals surface area contributed by atoms with Gasteiger partial charge < -0.3 is 10.1 Å². The third-order valence-corrected chi connectivity index (χ3v) is 3.02. The maximum Gasteiger partial charge on any atom is 0.216 e. The van der Waals surface area contributed by atoms with E-state index in [4.69, 9.17) is 4.74 Å². The molecular weight excluding hydrogens is 262 g/mol. The number of nitro groups is 1. The fourth-order valence-corrected chi connectivity index (χ4v) is 2.09. The van der Waals surface area contributed by atoms with Gasteiger partial charge in [0.2, 0.25) is 5.91 Å². The lowest BCUT2D eigenvalue weighted by Crippen LogP contribution is -2.22. The largest absolute Gasteiger partial charge is 0.497 e. The van der Waals surface area contributed by atoms with Gasteiger partial charge >= 0.3 is 0 Å². The van der Waals surface area contributed by atoms with Crippen LogP contribution >= 0.6 is 0 Å². The topological polar surface area (TPSA) is 86.4 Å². The van der Waals surface area contributed by atoms with Crippen molar-refractivity contribution >= 4 is 16.8 Å². The van der Waals surface area contributed by atoms with Crippen LogP contribution in [0.15, 0.2) is 24.4 Å². The number of rotatable bonds is 5. The highest BCUT2D eigenvalue weighted by atomic mass is 16.7. The van der Waals surface area contributed by atoms with Crippen LogP contribution in [0.25, 0.3) is 10.9 Å². The molecule has 0 radical (unpaired) electrons. The van der Waals surface area contributed by atoms with Crippen molar-refractivity contribution in [1.82, 2.24) is 9.99 Å². The molecule has 0 aliphatic carbocycles. The second-order valence-electron chi connectivity index (χ2n) is 4.35. The Balaban J connectivity index is 2.41. The van der Waals surface area contributed by atoms with Crippen LogP contribution in [0.1, 0.15) is 12.5 Å². The predicted octanol–water partition coefficient (Wildman–Crippen LogP) is 1.37. The molecule has 1 heterocycles. The van der Waals surface area contributed by atoms with Crippen molar-refractivity contribution in [2.24, 2.45) is 0 Å². The van der Waals surface area contributed by atoms with E-state index >= 15 is 0 Å². The Bertz CT molecular complexity index is 663. The van der Waals surface area contributed by atoms with Crippen molar-refractivity contribution in [2.75, 3.05) is 13.7 Å². The fraction of sp³-hybridized carbons (Fsp3) is 0.308. The number of amides is 1. The Kier molecular flexibility index (Phi) is 3.88. The number of hydrogen-bond donors (Lipinski definition) is 1. The summed E-state index contributed by atoms with van der Waals surface area (Å²) in [7, 11) is 1.54. The molecule has 0 fully saturated rings. The number of nitrogens with zero attached hydrogens (tertiary/aromatic N) is 2. The summed E-state index contributed by atoms with van der Waals surface area (Å²) in [5, 5.41) is 14.0. The minimum atomic E-state index is -0.475. The molecule has 1 aromatic carbocycles. The van der Waals surface area contributed by atoms with Crippen molar-refractivity contribution in [3.8, 4) is 5.75 Å². The van der Waals surface area contributed by atoms with Gasteiger partial charge in [0.1, 0.15) is 11.3 Å². The molecule has 106 valence electrons. The van der Waals surface area contributed by atoms with Gasteiger partial charge in [-0.2, -0.15) is 0 Å². The number of hydrogen-bond acceptors (Lipinski definition) is 4. The van der Waals surface area contributed by atoms with E-state index in [9.17, 15) is 14.9 Å². The third-order valence-electron chi connectivity index (χ3n) is 3.02. The first-order valence-corrected chi connectivity index (χ1v) is 6.10. The first-order chi connectivity index (χ1) is 9.52. The van der Waals surface area contributed by atoms with Crippen LogP contribution in [-0.4, -0.2) is 29.3 Å². The van der Waals surface area contributed by atoms with Crippen LogP contribution in [0.4, 0.5) is 0 Å². The second kappa shape index (κ2) is 5.60. The summed E-state index contributed by atoms with van der Waals surface area (Å²) in [5.74, 6) is 0.514. The molecule has 0 spiro atoms. The quantitative estimate of drug-likeness (QED) is 0.660. The lowest BCUT2D eigenvalue weighted by Gasteiger charge is -2.02. The summed E-state index contributed by atoms with van der Waals surface area (Å²) >= 11 is 0. The van der Waals surface area contributed by atoms with Gasteiger partial charge in [0.15, 0.2) is 5.03 Å². The van der Waals surface area contributed by atoms with Gasteiger partial charge in [0.25, 0.3) is 0 Å². The van der Waals surface area contributed by atoms with E-state index in [2.05, 4.69) is 5.32 Å². The molecule has 0 atom stereocenters. The molecule has 2 rings (SSSR count). The first kappa shape index (κ1) is 13.9. The minimum absolute atomic E-state index is 0.124. The van der Waals surface area contributed by atoms with Gasteiger partial charge in [-0.05, 0) is 30.2 Å². The molecule has 0 saturated heterocycles. The van der Waals surface area contributed by atoms with E-state index in [0.29, 0.717) is 24.2 Å². The summed E-state index contributed by atoms with van der Waals surface area (Å²) in [4.78, 5) is 21.9. The Hall–Kier alpha value is -2.57. The molecule has 7 heteroatoms. The van der Waals surface area contributed by atoms with Crippen LogP contribution in [0.3, 0.4) is 0 Å². The molecule has 0 aliphatic rings. The summed E-state index contributed by atoms with van der Waals surface area (Å²) in [5.41, 5.74) is 1.30. The molecule has 0 saturated carbocycles. The summed E-state index contributed by atoms with van der Waals surface area (Å²) in [6, 6.07) is 5.09. The number of benzene rings is 1. The number of carbonyl (C=O) groups excluding carboxylic acids is 1. The van der Waals surface area contributed by atoms with Crippen LogP contribution < -0.4 is 10.1 Å². The molecule has 0 aliphatic heterocycles. The van der Waals surface area contributed by atoms with E-state index in [1.807, 2.05) is 0 Å². The van der Waals surface area contributed by atoms with Gasteiger partial charge in [0, 0.05) is 18.9 Å². The Morgan fingerprint density at radius 3 is 2.85 bits per heavy atom. The molecular formula is C13H15N3O4. The lowest BCUT2D eigenvalue weighted by atomic mass is 10.1. The van der Waals surface area contributed by atoms with E-state index in [1.165, 1.54) is 13.1 Å². The van der Waals surface area contributed by atoms with Gasteiger partial charge in [0.05, 0.1) is 13.3 Å². The summed E-state index contributed by atoms with van der Waals surface area (Å²) in [6.45, 7) is 1.87. The molecule has 1 aromatic heterocycles. The molecule has 2 aromatic rings. The molecule has 0 bridgehead atoms. The molecule has 20 heavy (non-hydrogen) atoms. The maximum atomic E-state index is 11.0. The summed E-state index contributed by atoms with van der Waals surface area (Å²) in [6.07, 6.45) is 2.00. The van der Waals surface area contributed by atoms with Crippen LogP contribution in [-0.2, 0) is 11.2 Å². The van der Waals surface area contributed by atoms with Crippen molar-refractivity contribution < 1.29 is 14.6 Å². The number of ether oxygens (including phenoxy) is 1. The van der Waals surface area contributed by atoms with E-state index in [1.54, 1.807) is 25.3 Å². The number of fused-ring (bicyclic) bond motifs is 1. The maximum absolute atomic E-state index is 11.0. The Morgan fingerprint density at radius 1 is 1.50 bits per heavy atom. The Labute approximate surface area is 115 Å². The standard InChI is InChI=1S/C13H15N3O4/c1-9(17)14-6-5-10-8-15(16(18)19)13-4-3-11(20-2)7-12(10)13/h3-4,7-8H,5-6H2,1-2H3,(H,14,17). The van der Waals surface area contributed by atoms with Gasteiger partial charge in [-0.3, -0.25) is 4.79 Å². The van der Waals surface area contributed by atoms with Crippen molar-refractivity contribution in [3.63, 3.8) is 0 Å². The second-order valence-corrected chi connectivity index (χ2v) is 4.35. The fourth-order valence-electron chi connectivity index (χ4n) is 2.09. The molecule has 7 nitrogen and oxygen atoms in total. The lowest BCUT2D eigenvalue weighted by molar-refractivity contribution is -0.537. The first-order valence-electron chi connectivity index (χ1n) is 6.10. The molecule has 0 unspecified atom stereocenters. The normalized spacial score (nSPS) is 10.5. The number of carbonyl (C=O) groups is 1. The van der Waals surface area contributed by atoms with Crippen LogP contribution in [0, 0.1) is 10.1 Å². The zero-order chi connectivity index (χ0) is 14.7. The monoisotopic (exact) mass is 277 g/mol. The number of methoxy groups -OCH3 is 1. The highest BCUT2D eigenvalue weighted by Crippen LogP contribution is 2.26. The van der Waals surface area contributed by atoms with Gasteiger partial charge in [-0.15, -0.1) is 0 Å². The third kappa shape index (κ3) is 2.71. The smallest absolute Gasteiger partial charge is 0.216 e. The number of aromatic nitrogens is 1. The van der Waals surface area contributed by atoms with Crippen molar-refractivity contribution in [1.29, 1.82) is 0 Å².